The van der Waals surface area contributed by atoms with Gasteiger partial charge >= 0.3 is 0 Å². The fraction of sp³-hybridized carbons (Fsp3) is 0.188. The monoisotopic (exact) mass is 288 g/mol. The highest BCUT2D eigenvalue weighted by atomic mass is 19.1. The summed E-state index contributed by atoms with van der Waals surface area (Å²) >= 11 is 0. The van der Waals surface area contributed by atoms with Crippen LogP contribution in [0.15, 0.2) is 47.6 Å². The van der Waals surface area contributed by atoms with Crippen molar-refractivity contribution in [1.29, 1.82) is 0 Å². The highest BCUT2D eigenvalue weighted by Crippen LogP contribution is 2.27. The van der Waals surface area contributed by atoms with E-state index in [4.69, 9.17) is 9.47 Å². The Hall–Kier alpha value is -2.56. The van der Waals surface area contributed by atoms with Crippen molar-refractivity contribution in [1.82, 2.24) is 0 Å². The van der Waals surface area contributed by atoms with E-state index in [0.29, 0.717) is 23.8 Å². The van der Waals surface area contributed by atoms with Gasteiger partial charge in [-0.15, -0.1) is 0 Å². The maximum Gasteiger partial charge on any atom is 0.161 e. The lowest BCUT2D eigenvalue weighted by Gasteiger charge is -2.09. The molecule has 2 aromatic carbocycles. The second kappa shape index (κ2) is 7.28. The molecule has 0 bridgehead atoms. The summed E-state index contributed by atoms with van der Waals surface area (Å²) in [5.41, 5.74) is 4.41. The Morgan fingerprint density at radius 3 is 2.57 bits per heavy atom. The Labute approximate surface area is 123 Å². The minimum atomic E-state index is -0.277. The van der Waals surface area contributed by atoms with Crippen molar-refractivity contribution in [2.75, 3.05) is 19.1 Å². The van der Waals surface area contributed by atoms with Crippen LogP contribution in [-0.4, -0.2) is 19.9 Å². The molecule has 0 amide bonds. The number of benzene rings is 2. The number of hydrazone groups is 1. The molecule has 0 radical (unpaired) electrons. The molecule has 0 spiro atoms. The number of ether oxygens (including phenoxy) is 2. The smallest absolute Gasteiger partial charge is 0.161 e. The van der Waals surface area contributed by atoms with Gasteiger partial charge in [0.15, 0.2) is 11.5 Å². The molecule has 0 aliphatic carbocycles. The number of nitrogens with zero attached hydrogens (tertiary/aromatic N) is 1. The summed E-state index contributed by atoms with van der Waals surface area (Å²) in [5, 5.41) is 4.10. The fourth-order valence-electron chi connectivity index (χ4n) is 1.75. The van der Waals surface area contributed by atoms with Crippen molar-refractivity contribution in [3.63, 3.8) is 0 Å². The van der Waals surface area contributed by atoms with Gasteiger partial charge < -0.3 is 9.47 Å². The first-order chi connectivity index (χ1) is 10.2. The third-order valence-corrected chi connectivity index (χ3v) is 2.74. The molecular formula is C16H17FN2O2. The van der Waals surface area contributed by atoms with Gasteiger partial charge in [-0.25, -0.2) is 4.39 Å². The number of nitrogens with one attached hydrogen (secondary N) is 1. The van der Waals surface area contributed by atoms with Crippen LogP contribution >= 0.6 is 0 Å². The molecular weight excluding hydrogens is 271 g/mol. The average molecular weight is 288 g/mol. The lowest BCUT2D eigenvalue weighted by Crippen LogP contribution is -1.97. The Morgan fingerprint density at radius 2 is 1.90 bits per heavy atom. The van der Waals surface area contributed by atoms with Crippen LogP contribution in [0.4, 0.5) is 10.1 Å². The lowest BCUT2D eigenvalue weighted by atomic mass is 10.2. The van der Waals surface area contributed by atoms with Gasteiger partial charge in [0.1, 0.15) is 5.82 Å². The third-order valence-electron chi connectivity index (χ3n) is 2.74. The second-order valence-electron chi connectivity index (χ2n) is 4.22. The van der Waals surface area contributed by atoms with Gasteiger partial charge in [-0.3, -0.25) is 5.43 Å². The van der Waals surface area contributed by atoms with Gasteiger partial charge in [0.05, 0.1) is 25.6 Å². The molecule has 0 saturated heterocycles. The van der Waals surface area contributed by atoms with E-state index in [9.17, 15) is 4.39 Å². The molecule has 0 saturated carbocycles. The Bertz CT molecular complexity index is 612. The highest BCUT2D eigenvalue weighted by Gasteiger charge is 2.03. The molecule has 21 heavy (non-hydrogen) atoms. The molecule has 0 aliphatic heterocycles. The van der Waals surface area contributed by atoms with Crippen molar-refractivity contribution in [2.24, 2.45) is 5.10 Å². The molecule has 2 aromatic rings. The van der Waals surface area contributed by atoms with Crippen LogP contribution in [0.25, 0.3) is 0 Å². The maximum atomic E-state index is 12.8. The van der Waals surface area contributed by atoms with Crippen LogP contribution in [0.5, 0.6) is 11.5 Å². The first-order valence-electron chi connectivity index (χ1n) is 6.58. The van der Waals surface area contributed by atoms with Crippen molar-refractivity contribution in [3.8, 4) is 11.5 Å². The molecule has 0 fully saturated rings. The Balaban J connectivity index is 2.06. The van der Waals surface area contributed by atoms with E-state index >= 15 is 0 Å². The number of anilines is 1. The maximum absolute atomic E-state index is 12.8. The molecule has 0 unspecified atom stereocenters. The van der Waals surface area contributed by atoms with Crippen molar-refractivity contribution < 1.29 is 13.9 Å². The van der Waals surface area contributed by atoms with Gasteiger partial charge in [-0.1, -0.05) is 0 Å². The molecule has 0 heterocycles. The first kappa shape index (κ1) is 14.8. The van der Waals surface area contributed by atoms with Crippen LogP contribution in [0.1, 0.15) is 12.5 Å². The van der Waals surface area contributed by atoms with Gasteiger partial charge in [0, 0.05) is 0 Å². The molecule has 4 nitrogen and oxygen atoms in total. The third kappa shape index (κ3) is 4.21. The molecule has 5 heteroatoms. The van der Waals surface area contributed by atoms with Crippen molar-refractivity contribution in [2.45, 2.75) is 6.92 Å². The topological polar surface area (TPSA) is 42.8 Å². The second-order valence-corrected chi connectivity index (χ2v) is 4.22. The van der Waals surface area contributed by atoms with Crippen LogP contribution in [0.3, 0.4) is 0 Å². The average Bonchev–Trinajstić information content (AvgIpc) is 2.50. The number of hydrogen-bond donors (Lipinski definition) is 1. The van der Waals surface area contributed by atoms with Gasteiger partial charge in [-0.2, -0.15) is 5.10 Å². The highest BCUT2D eigenvalue weighted by molar-refractivity contribution is 5.81. The van der Waals surface area contributed by atoms with Gasteiger partial charge in [0.25, 0.3) is 0 Å². The van der Waals surface area contributed by atoms with Crippen LogP contribution in [0, 0.1) is 5.82 Å². The largest absolute Gasteiger partial charge is 0.493 e. The predicted octanol–water partition coefficient (Wildman–Crippen LogP) is 3.68. The molecule has 1 N–H and O–H groups in total. The van der Waals surface area contributed by atoms with Crippen LogP contribution < -0.4 is 14.9 Å². The van der Waals surface area contributed by atoms with Crippen molar-refractivity contribution in [3.05, 3.63) is 53.8 Å². The predicted molar refractivity (Wildman–Crippen MR) is 81.8 cm³/mol. The van der Waals surface area contributed by atoms with Crippen LogP contribution in [-0.2, 0) is 0 Å². The zero-order valence-electron chi connectivity index (χ0n) is 12.0. The summed E-state index contributed by atoms with van der Waals surface area (Å²) in [6, 6.07) is 11.5. The Kier molecular flexibility index (Phi) is 5.15. The summed E-state index contributed by atoms with van der Waals surface area (Å²) in [6.45, 7) is 2.47. The van der Waals surface area contributed by atoms with E-state index in [1.165, 1.54) is 12.1 Å². The minimum Gasteiger partial charge on any atom is -0.493 e. The molecule has 0 aromatic heterocycles. The van der Waals surface area contributed by atoms with E-state index in [-0.39, 0.29) is 5.82 Å². The zero-order chi connectivity index (χ0) is 15.1. The number of methoxy groups -OCH3 is 1. The van der Waals surface area contributed by atoms with E-state index in [2.05, 4.69) is 10.5 Å². The van der Waals surface area contributed by atoms with E-state index in [1.54, 1.807) is 25.5 Å². The summed E-state index contributed by atoms with van der Waals surface area (Å²) in [7, 11) is 1.60. The van der Waals surface area contributed by atoms with E-state index < -0.39 is 0 Å². The number of halogens is 1. The number of rotatable bonds is 6. The summed E-state index contributed by atoms with van der Waals surface area (Å²) in [5.74, 6) is 1.08. The van der Waals surface area contributed by atoms with Gasteiger partial charge in [0.2, 0.25) is 0 Å². The standard InChI is InChI=1S/C16H17FN2O2/c1-3-21-16-10-12(4-9-15(16)20-2)11-18-19-14-7-5-13(17)6-8-14/h4-11,19H,3H2,1-2H3/b18-11-. The number of hydrogen-bond acceptors (Lipinski definition) is 4. The quantitative estimate of drug-likeness (QED) is 0.651. The minimum absolute atomic E-state index is 0.277. The molecule has 2 rings (SSSR count). The normalized spacial score (nSPS) is 10.6. The summed E-state index contributed by atoms with van der Waals surface area (Å²) in [4.78, 5) is 0. The SMILES string of the molecule is CCOc1cc(/C=N\Nc2ccc(F)cc2)ccc1OC. The van der Waals surface area contributed by atoms with Gasteiger partial charge in [-0.05, 0) is 55.0 Å². The molecule has 0 aliphatic rings. The summed E-state index contributed by atoms with van der Waals surface area (Å²) < 4.78 is 23.5. The Morgan fingerprint density at radius 1 is 1.14 bits per heavy atom. The first-order valence-corrected chi connectivity index (χ1v) is 6.58. The van der Waals surface area contributed by atoms with E-state index in [0.717, 1.165) is 5.56 Å². The fourth-order valence-corrected chi connectivity index (χ4v) is 1.75. The molecule has 0 atom stereocenters. The lowest BCUT2D eigenvalue weighted by molar-refractivity contribution is 0.311. The van der Waals surface area contributed by atoms with Crippen molar-refractivity contribution >= 4 is 11.9 Å². The van der Waals surface area contributed by atoms with E-state index in [1.807, 2.05) is 25.1 Å². The molecule has 110 valence electrons. The zero-order valence-corrected chi connectivity index (χ0v) is 12.0. The van der Waals surface area contributed by atoms with Crippen LogP contribution in [0.2, 0.25) is 0 Å². The summed E-state index contributed by atoms with van der Waals surface area (Å²) in [6.07, 6.45) is 1.66.